The van der Waals surface area contributed by atoms with Gasteiger partial charge in [0.25, 0.3) is 10.1 Å². The number of carbonyl (C=O) groups excluding carboxylic acids is 2. The van der Waals surface area contributed by atoms with Gasteiger partial charge in [-0.25, -0.2) is 4.79 Å². The molecule has 0 aromatic heterocycles. The number of methoxy groups -OCH3 is 1. The smallest absolute Gasteiger partial charge is 0.467 e. The van der Waals surface area contributed by atoms with Gasteiger partial charge < -0.3 is 10.1 Å². The van der Waals surface area contributed by atoms with Gasteiger partial charge in [0.2, 0.25) is 0 Å². The summed E-state index contributed by atoms with van der Waals surface area (Å²) in [7, 11) is -3.30. The fourth-order valence-electron chi connectivity index (χ4n) is 1.74. The highest BCUT2D eigenvalue weighted by Gasteiger charge is 2.44. The fourth-order valence-corrected chi connectivity index (χ4v) is 2.34. The molecule has 0 saturated heterocycles. The first-order chi connectivity index (χ1) is 11.0. The van der Waals surface area contributed by atoms with Crippen LogP contribution in [-0.2, 0) is 28.6 Å². The molecule has 1 amide bonds. The van der Waals surface area contributed by atoms with E-state index in [1.165, 1.54) is 29.6 Å². The van der Waals surface area contributed by atoms with Crippen molar-refractivity contribution in [3.05, 3.63) is 35.9 Å². The van der Waals surface area contributed by atoms with E-state index in [-0.39, 0.29) is 5.56 Å². The highest BCUT2D eigenvalue weighted by atomic mass is 32.2. The number of benzene rings is 1. The molecule has 0 aliphatic rings. The molecule has 0 heterocycles. The molecule has 0 unspecified atom stereocenters. The van der Waals surface area contributed by atoms with Crippen molar-refractivity contribution < 1.29 is 40.1 Å². The van der Waals surface area contributed by atoms with E-state index in [4.69, 9.17) is 4.18 Å². The third kappa shape index (κ3) is 5.81. The Hall–Kier alpha value is -2.14. The van der Waals surface area contributed by atoms with Gasteiger partial charge in [0.1, 0.15) is 6.10 Å². The van der Waals surface area contributed by atoms with Crippen molar-refractivity contribution in [1.82, 2.24) is 5.32 Å². The Morgan fingerprint density at radius 3 is 2.12 bits per heavy atom. The van der Waals surface area contributed by atoms with Gasteiger partial charge >= 0.3 is 18.1 Å². The zero-order valence-corrected chi connectivity index (χ0v) is 13.3. The van der Waals surface area contributed by atoms with E-state index in [9.17, 15) is 31.2 Å². The number of alkyl halides is 3. The van der Waals surface area contributed by atoms with Crippen LogP contribution in [0.25, 0.3) is 0 Å². The molecule has 0 radical (unpaired) electrons. The maximum Gasteiger partial charge on any atom is 0.471 e. The molecule has 1 rings (SSSR count). The quantitative estimate of drug-likeness (QED) is 0.592. The SMILES string of the molecule is COC(=O)[C@H](NC(=O)C(F)(F)F)[C@H](OS(C)(=O)=O)c1ccccc1. The standard InChI is InChI=1S/C13H14F3NO6S/c1-22-11(18)9(17-12(19)13(14,15)16)10(23-24(2,20)21)8-6-4-3-5-7-8/h3-7,9-10H,1-2H3,(H,17,19)/t9-,10-/m1/s1. The van der Waals surface area contributed by atoms with E-state index in [1.807, 2.05) is 0 Å². The molecule has 1 aromatic carbocycles. The van der Waals surface area contributed by atoms with Gasteiger partial charge in [0.05, 0.1) is 13.4 Å². The zero-order valence-electron chi connectivity index (χ0n) is 12.5. The molecule has 24 heavy (non-hydrogen) atoms. The Morgan fingerprint density at radius 1 is 1.17 bits per heavy atom. The predicted molar refractivity (Wildman–Crippen MR) is 75.1 cm³/mol. The molecular formula is C13H14F3NO6S. The van der Waals surface area contributed by atoms with Crippen LogP contribution in [0.4, 0.5) is 13.2 Å². The Balaban J connectivity index is 3.30. The number of rotatable bonds is 6. The average molecular weight is 369 g/mol. The van der Waals surface area contributed by atoms with Crippen LogP contribution in [0.15, 0.2) is 30.3 Å². The van der Waals surface area contributed by atoms with Crippen LogP contribution in [0, 0.1) is 0 Å². The van der Waals surface area contributed by atoms with Gasteiger partial charge in [0.15, 0.2) is 6.04 Å². The van der Waals surface area contributed by atoms with E-state index < -0.39 is 40.3 Å². The molecule has 0 aliphatic heterocycles. The summed E-state index contributed by atoms with van der Waals surface area (Å²) in [6.07, 6.45) is -6.36. The lowest BCUT2D eigenvalue weighted by Gasteiger charge is -2.25. The molecule has 0 fully saturated rings. The summed E-state index contributed by atoms with van der Waals surface area (Å²) >= 11 is 0. The van der Waals surface area contributed by atoms with Gasteiger partial charge in [-0.1, -0.05) is 30.3 Å². The molecule has 0 aliphatic carbocycles. The van der Waals surface area contributed by atoms with Crippen LogP contribution in [0.5, 0.6) is 0 Å². The van der Waals surface area contributed by atoms with Crippen LogP contribution >= 0.6 is 0 Å². The minimum Gasteiger partial charge on any atom is -0.467 e. The van der Waals surface area contributed by atoms with Crippen molar-refractivity contribution in [2.24, 2.45) is 0 Å². The molecule has 0 spiro atoms. The Labute approximate surface area is 135 Å². The molecule has 0 bridgehead atoms. The van der Waals surface area contributed by atoms with Crippen LogP contribution in [0.1, 0.15) is 11.7 Å². The molecule has 2 atom stereocenters. The van der Waals surface area contributed by atoms with Crippen molar-refractivity contribution in [3.8, 4) is 0 Å². The number of halogens is 3. The number of hydrogen-bond acceptors (Lipinski definition) is 6. The van der Waals surface area contributed by atoms with Crippen molar-refractivity contribution in [3.63, 3.8) is 0 Å². The first-order valence-electron chi connectivity index (χ1n) is 6.34. The Kier molecular flexibility index (Phi) is 6.32. The summed E-state index contributed by atoms with van der Waals surface area (Å²) in [5.41, 5.74) is 0.0563. The van der Waals surface area contributed by atoms with Crippen molar-refractivity contribution in [2.45, 2.75) is 18.3 Å². The van der Waals surface area contributed by atoms with E-state index in [2.05, 4.69) is 4.74 Å². The first-order valence-corrected chi connectivity index (χ1v) is 8.16. The third-order valence-electron chi connectivity index (χ3n) is 2.71. The number of amides is 1. The topological polar surface area (TPSA) is 98.8 Å². The lowest BCUT2D eigenvalue weighted by molar-refractivity contribution is -0.176. The van der Waals surface area contributed by atoms with Gasteiger partial charge in [-0.2, -0.15) is 21.6 Å². The van der Waals surface area contributed by atoms with E-state index in [1.54, 1.807) is 6.07 Å². The molecule has 134 valence electrons. The first kappa shape index (κ1) is 19.9. The number of carbonyl (C=O) groups is 2. The highest BCUT2D eigenvalue weighted by molar-refractivity contribution is 7.86. The van der Waals surface area contributed by atoms with Gasteiger partial charge in [-0.3, -0.25) is 8.98 Å². The second kappa shape index (κ2) is 7.62. The second-order valence-corrected chi connectivity index (χ2v) is 6.20. The minimum absolute atomic E-state index is 0.0563. The number of hydrogen-bond donors (Lipinski definition) is 1. The lowest BCUT2D eigenvalue weighted by atomic mass is 10.0. The van der Waals surface area contributed by atoms with Gasteiger partial charge in [0, 0.05) is 0 Å². The summed E-state index contributed by atoms with van der Waals surface area (Å²) in [4.78, 5) is 22.9. The van der Waals surface area contributed by atoms with Gasteiger partial charge in [-0.05, 0) is 5.56 Å². The second-order valence-electron chi connectivity index (χ2n) is 4.60. The van der Waals surface area contributed by atoms with E-state index >= 15 is 0 Å². The van der Waals surface area contributed by atoms with Crippen molar-refractivity contribution >= 4 is 22.0 Å². The van der Waals surface area contributed by atoms with Crippen LogP contribution in [0.3, 0.4) is 0 Å². The largest absolute Gasteiger partial charge is 0.471 e. The Morgan fingerprint density at radius 2 is 1.71 bits per heavy atom. The maximum absolute atomic E-state index is 12.5. The van der Waals surface area contributed by atoms with Crippen molar-refractivity contribution in [1.29, 1.82) is 0 Å². The molecule has 1 N–H and O–H groups in total. The molecule has 7 nitrogen and oxygen atoms in total. The average Bonchev–Trinajstić information content (AvgIpc) is 2.48. The molecular weight excluding hydrogens is 355 g/mol. The maximum atomic E-state index is 12.5. The fraction of sp³-hybridized carbons (Fsp3) is 0.385. The molecule has 11 heteroatoms. The van der Waals surface area contributed by atoms with Gasteiger partial charge in [-0.15, -0.1) is 0 Å². The number of ether oxygens (including phenoxy) is 1. The van der Waals surface area contributed by atoms with Crippen molar-refractivity contribution in [2.75, 3.05) is 13.4 Å². The minimum atomic E-state index is -5.28. The summed E-state index contributed by atoms with van der Waals surface area (Å²) in [6, 6.07) is 5.09. The number of esters is 1. The third-order valence-corrected chi connectivity index (χ3v) is 3.27. The lowest BCUT2D eigenvalue weighted by Crippen LogP contribution is -2.51. The summed E-state index contributed by atoms with van der Waals surface area (Å²) in [6.45, 7) is 0. The summed E-state index contributed by atoms with van der Waals surface area (Å²) in [5, 5.41) is 1.40. The predicted octanol–water partition coefficient (Wildman–Crippen LogP) is 0.924. The number of nitrogens with one attached hydrogen (secondary N) is 1. The monoisotopic (exact) mass is 369 g/mol. The zero-order chi connectivity index (χ0) is 18.5. The van der Waals surface area contributed by atoms with Crippen LogP contribution in [-0.4, -0.2) is 45.9 Å². The molecule has 0 saturated carbocycles. The normalized spacial score (nSPS) is 14.5. The summed E-state index contributed by atoms with van der Waals surface area (Å²) in [5.74, 6) is -3.74. The Bertz CT molecular complexity index is 689. The molecule has 1 aromatic rings. The highest BCUT2D eigenvalue weighted by Crippen LogP contribution is 2.25. The van der Waals surface area contributed by atoms with E-state index in [0.29, 0.717) is 6.26 Å². The van der Waals surface area contributed by atoms with Crippen LogP contribution in [0.2, 0.25) is 0 Å². The summed E-state index contributed by atoms with van der Waals surface area (Å²) < 4.78 is 69.2. The van der Waals surface area contributed by atoms with E-state index in [0.717, 1.165) is 7.11 Å². The van der Waals surface area contributed by atoms with Crippen LogP contribution < -0.4 is 5.32 Å².